The normalized spacial score (nSPS) is 26.2. The van der Waals surface area contributed by atoms with E-state index in [4.69, 9.17) is 9.15 Å². The number of benzene rings is 2. The van der Waals surface area contributed by atoms with Gasteiger partial charge in [0, 0.05) is 24.3 Å². The van der Waals surface area contributed by atoms with Crippen molar-refractivity contribution in [2.24, 2.45) is 5.92 Å². The molecule has 1 N–H and O–H groups in total. The Hall–Kier alpha value is -3.15. The van der Waals surface area contributed by atoms with Gasteiger partial charge in [-0.05, 0) is 23.8 Å². The van der Waals surface area contributed by atoms with Crippen LogP contribution in [-0.2, 0) is 15.1 Å². The molecule has 3 aliphatic heterocycles. The summed E-state index contributed by atoms with van der Waals surface area (Å²) in [5.41, 5.74) is -0.327. The Morgan fingerprint density at radius 3 is 2.39 bits per heavy atom. The van der Waals surface area contributed by atoms with Gasteiger partial charge in [0.2, 0.25) is 5.60 Å². The molecule has 6 rings (SSSR count). The van der Waals surface area contributed by atoms with E-state index in [1.165, 1.54) is 11.8 Å². The van der Waals surface area contributed by atoms with E-state index >= 15 is 0 Å². The van der Waals surface area contributed by atoms with E-state index in [9.17, 15) is 9.90 Å². The van der Waals surface area contributed by atoms with E-state index in [0.29, 0.717) is 11.5 Å². The first-order valence-electron chi connectivity index (χ1n) is 11.7. The molecule has 1 unspecified atom stereocenters. The van der Waals surface area contributed by atoms with Gasteiger partial charge in [0.05, 0.1) is 25.9 Å². The van der Waals surface area contributed by atoms with Gasteiger partial charge in [-0.3, -0.25) is 0 Å². The Bertz CT molecular complexity index is 1090. The second-order valence-electron chi connectivity index (χ2n) is 9.30. The van der Waals surface area contributed by atoms with Crippen molar-refractivity contribution >= 4 is 12.0 Å². The minimum absolute atomic E-state index is 0.176. The van der Waals surface area contributed by atoms with Crippen LogP contribution in [0.15, 0.2) is 89.6 Å². The Kier molecular flexibility index (Phi) is 5.92. The van der Waals surface area contributed by atoms with Crippen LogP contribution in [0.25, 0.3) is 6.08 Å². The Labute approximate surface area is 194 Å². The number of ether oxygens (including phenoxy) is 1. The second-order valence-corrected chi connectivity index (χ2v) is 9.30. The minimum atomic E-state index is -1.96. The number of esters is 1. The molecule has 0 saturated carbocycles. The molecule has 5 heteroatoms. The SMILES string of the molecule is O=C(O[C@H]1C[N+]2(C/C=C/c3ccccc3)CCC1CC2)C(O)(c1ccccc1)c1ccco1. The first-order chi connectivity index (χ1) is 16.1. The number of piperidine rings is 3. The molecular weight excluding hydrogens is 414 g/mol. The molecule has 5 nitrogen and oxygen atoms in total. The molecule has 3 saturated heterocycles. The summed E-state index contributed by atoms with van der Waals surface area (Å²) < 4.78 is 12.5. The highest BCUT2D eigenvalue weighted by atomic mass is 16.6. The molecule has 3 aromatic rings. The summed E-state index contributed by atoms with van der Waals surface area (Å²) in [6.07, 6.45) is 7.71. The highest BCUT2D eigenvalue weighted by Crippen LogP contribution is 2.38. The zero-order valence-corrected chi connectivity index (χ0v) is 18.7. The fraction of sp³-hybridized carbons (Fsp3) is 0.321. The van der Waals surface area contributed by atoms with Crippen LogP contribution < -0.4 is 0 Å². The molecule has 0 radical (unpaired) electrons. The number of hydrogen-bond donors (Lipinski definition) is 1. The van der Waals surface area contributed by atoms with Gasteiger partial charge in [0.15, 0.2) is 11.9 Å². The van der Waals surface area contributed by atoms with Crippen LogP contribution in [0.2, 0.25) is 0 Å². The Morgan fingerprint density at radius 1 is 1.03 bits per heavy atom. The maximum atomic E-state index is 13.5. The number of carbonyl (C=O) groups is 1. The van der Waals surface area contributed by atoms with Crippen molar-refractivity contribution in [3.05, 3.63) is 102 Å². The summed E-state index contributed by atoms with van der Waals surface area (Å²) in [5, 5.41) is 11.6. The second kappa shape index (κ2) is 9.00. The lowest BCUT2D eigenvalue weighted by Crippen LogP contribution is -2.64. The molecule has 4 heterocycles. The van der Waals surface area contributed by atoms with Gasteiger partial charge in [0.25, 0.3) is 0 Å². The van der Waals surface area contributed by atoms with Crippen molar-refractivity contribution in [3.8, 4) is 0 Å². The molecule has 170 valence electrons. The molecule has 0 amide bonds. The van der Waals surface area contributed by atoms with Crippen molar-refractivity contribution in [1.82, 2.24) is 0 Å². The van der Waals surface area contributed by atoms with E-state index in [2.05, 4.69) is 24.3 Å². The van der Waals surface area contributed by atoms with Gasteiger partial charge >= 0.3 is 5.97 Å². The number of fused-ring (bicyclic) bond motifs is 3. The lowest BCUT2D eigenvalue weighted by molar-refractivity contribution is -0.941. The Morgan fingerprint density at radius 2 is 1.73 bits per heavy atom. The summed E-state index contributed by atoms with van der Waals surface area (Å²) in [6, 6.07) is 22.5. The van der Waals surface area contributed by atoms with Crippen molar-refractivity contribution in [2.75, 3.05) is 26.2 Å². The maximum absolute atomic E-state index is 13.5. The predicted molar refractivity (Wildman–Crippen MR) is 126 cm³/mol. The van der Waals surface area contributed by atoms with Crippen LogP contribution in [0.4, 0.5) is 0 Å². The quantitative estimate of drug-likeness (QED) is 0.434. The molecule has 2 aromatic carbocycles. The van der Waals surface area contributed by atoms with Crippen LogP contribution in [0.1, 0.15) is 29.7 Å². The smallest absolute Gasteiger partial charge is 0.351 e. The van der Waals surface area contributed by atoms with E-state index in [1.807, 2.05) is 24.3 Å². The van der Waals surface area contributed by atoms with Gasteiger partial charge in [-0.15, -0.1) is 0 Å². The van der Waals surface area contributed by atoms with Gasteiger partial charge in [-0.1, -0.05) is 66.7 Å². The minimum Gasteiger partial charge on any atom is -0.465 e. The third-order valence-electron chi connectivity index (χ3n) is 7.27. The molecule has 0 aliphatic carbocycles. The van der Waals surface area contributed by atoms with Crippen molar-refractivity contribution < 1.29 is 23.5 Å². The summed E-state index contributed by atoms with van der Waals surface area (Å²) in [5.74, 6) is -0.154. The summed E-state index contributed by atoms with van der Waals surface area (Å²) in [4.78, 5) is 13.5. The monoisotopic (exact) mass is 444 g/mol. The average Bonchev–Trinajstić information content (AvgIpc) is 3.41. The third-order valence-corrected chi connectivity index (χ3v) is 7.27. The molecule has 0 spiro atoms. The largest absolute Gasteiger partial charge is 0.465 e. The highest BCUT2D eigenvalue weighted by Gasteiger charge is 2.51. The van der Waals surface area contributed by atoms with Crippen LogP contribution >= 0.6 is 0 Å². The number of hydrogen-bond acceptors (Lipinski definition) is 4. The van der Waals surface area contributed by atoms with Crippen LogP contribution in [0.3, 0.4) is 0 Å². The van der Waals surface area contributed by atoms with Gasteiger partial charge in [0.1, 0.15) is 6.54 Å². The first kappa shape index (κ1) is 21.7. The zero-order chi connectivity index (χ0) is 22.7. The Balaban J connectivity index is 1.33. The highest BCUT2D eigenvalue weighted by molar-refractivity contribution is 5.84. The fourth-order valence-corrected chi connectivity index (χ4v) is 5.34. The summed E-state index contributed by atoms with van der Waals surface area (Å²) >= 11 is 0. The van der Waals surface area contributed by atoms with Crippen LogP contribution in [-0.4, -0.2) is 47.8 Å². The lowest BCUT2D eigenvalue weighted by Gasteiger charge is -2.51. The molecular formula is C28H30NO4+. The summed E-state index contributed by atoms with van der Waals surface area (Å²) in [6.45, 7) is 3.88. The fourth-order valence-electron chi connectivity index (χ4n) is 5.34. The van der Waals surface area contributed by atoms with Gasteiger partial charge in [-0.25, -0.2) is 4.79 Å². The van der Waals surface area contributed by atoms with E-state index in [-0.39, 0.29) is 11.9 Å². The number of aliphatic hydroxyl groups is 1. The van der Waals surface area contributed by atoms with E-state index in [0.717, 1.165) is 43.5 Å². The molecule has 3 fully saturated rings. The van der Waals surface area contributed by atoms with Gasteiger partial charge in [-0.2, -0.15) is 0 Å². The van der Waals surface area contributed by atoms with E-state index < -0.39 is 11.6 Å². The standard InChI is InChI=1S/C28H30NO4/c30-27(28(31,26-14-8-20-32-26)24-12-5-2-6-13-24)33-25-21-29(18-15-23(25)16-19-29)17-7-11-22-9-3-1-4-10-22/h1-14,20,23,25,31H,15-19,21H2/q+1/b11-7+/t23?,25-,28?,29?/m0/s1. The van der Waals surface area contributed by atoms with Crippen molar-refractivity contribution in [3.63, 3.8) is 0 Å². The van der Waals surface area contributed by atoms with Crippen LogP contribution in [0, 0.1) is 5.92 Å². The van der Waals surface area contributed by atoms with Crippen LogP contribution in [0.5, 0.6) is 0 Å². The number of quaternary nitrogens is 1. The molecule has 33 heavy (non-hydrogen) atoms. The number of carbonyl (C=O) groups excluding carboxylic acids is 1. The van der Waals surface area contributed by atoms with E-state index in [1.54, 1.807) is 36.4 Å². The lowest BCUT2D eigenvalue weighted by atomic mass is 9.82. The predicted octanol–water partition coefficient (Wildman–Crippen LogP) is 4.38. The molecule has 3 aliphatic rings. The first-order valence-corrected chi connectivity index (χ1v) is 11.7. The number of rotatable bonds is 7. The number of nitrogens with zero attached hydrogens (tertiary/aromatic N) is 1. The van der Waals surface area contributed by atoms with Crippen molar-refractivity contribution in [2.45, 2.75) is 24.5 Å². The summed E-state index contributed by atoms with van der Waals surface area (Å²) in [7, 11) is 0. The molecule has 1 aromatic heterocycles. The topological polar surface area (TPSA) is 59.7 Å². The van der Waals surface area contributed by atoms with Gasteiger partial charge < -0.3 is 18.7 Å². The number of furan rings is 1. The average molecular weight is 445 g/mol. The molecule has 2 atom stereocenters. The van der Waals surface area contributed by atoms with Crippen molar-refractivity contribution in [1.29, 1.82) is 0 Å². The molecule has 2 bridgehead atoms. The zero-order valence-electron chi connectivity index (χ0n) is 18.7. The maximum Gasteiger partial charge on any atom is 0.351 e. The third kappa shape index (κ3) is 4.26.